The number of aliphatic hydroxyl groups is 1. The fourth-order valence-electron chi connectivity index (χ4n) is 3.37. The third-order valence-electron chi connectivity index (χ3n) is 5.01. The number of esters is 1. The lowest BCUT2D eigenvalue weighted by atomic mass is 9.84. The molecular weight excluding hydrogens is 352 g/mol. The number of methoxy groups -OCH3 is 2. The average Bonchev–Trinajstić information content (AvgIpc) is 3.08. The molecule has 1 aliphatic carbocycles. The minimum Gasteiger partial charge on any atom is -0.487 e. The summed E-state index contributed by atoms with van der Waals surface area (Å²) in [6, 6.07) is 4.87. The van der Waals surface area contributed by atoms with Crippen LogP contribution in [-0.2, 0) is 19.0 Å². The minimum atomic E-state index is -1.02. The Morgan fingerprint density at radius 1 is 1.33 bits per heavy atom. The molecule has 1 aromatic rings. The van der Waals surface area contributed by atoms with E-state index in [1.807, 2.05) is 0 Å². The number of aliphatic hydroxyl groups excluding tert-OH is 1. The molecule has 0 amide bonds. The van der Waals surface area contributed by atoms with Crippen LogP contribution in [-0.4, -0.2) is 49.4 Å². The number of carbonyl (C=O) groups is 2. The van der Waals surface area contributed by atoms with Crippen molar-refractivity contribution >= 4 is 11.8 Å². The monoisotopic (exact) mass is 376 g/mol. The van der Waals surface area contributed by atoms with Gasteiger partial charge in [0.25, 0.3) is 0 Å². The number of rotatable bonds is 6. The van der Waals surface area contributed by atoms with Crippen molar-refractivity contribution in [3.8, 4) is 5.75 Å². The number of carbonyl (C=O) groups excluding carboxylic acids is 2. The van der Waals surface area contributed by atoms with E-state index in [2.05, 4.69) is 0 Å². The SMILES string of the molecule is COCCC1(C)Oc2ccc(C(=O)OC)cc2C(OC2=CC(=O)CC2)C1O. The first-order valence-corrected chi connectivity index (χ1v) is 8.86. The summed E-state index contributed by atoms with van der Waals surface area (Å²) in [5.74, 6) is 0.544. The summed E-state index contributed by atoms with van der Waals surface area (Å²) in [5, 5.41) is 11.0. The predicted octanol–water partition coefficient (Wildman–Crippen LogP) is 2.33. The quantitative estimate of drug-likeness (QED) is 0.762. The van der Waals surface area contributed by atoms with E-state index in [4.69, 9.17) is 18.9 Å². The van der Waals surface area contributed by atoms with E-state index in [1.54, 1.807) is 32.2 Å². The second kappa shape index (κ2) is 7.70. The van der Waals surface area contributed by atoms with E-state index < -0.39 is 23.8 Å². The molecule has 3 unspecified atom stereocenters. The van der Waals surface area contributed by atoms with Crippen molar-refractivity contribution < 1.29 is 33.6 Å². The number of benzene rings is 1. The van der Waals surface area contributed by atoms with Gasteiger partial charge in [-0.15, -0.1) is 0 Å². The second-order valence-corrected chi connectivity index (χ2v) is 6.96. The molecule has 7 heteroatoms. The second-order valence-electron chi connectivity index (χ2n) is 6.96. The Labute approximate surface area is 157 Å². The van der Waals surface area contributed by atoms with Gasteiger partial charge >= 0.3 is 5.97 Å². The third kappa shape index (κ3) is 3.84. The molecule has 0 aromatic heterocycles. The first-order chi connectivity index (χ1) is 12.9. The fourth-order valence-corrected chi connectivity index (χ4v) is 3.37. The summed E-state index contributed by atoms with van der Waals surface area (Å²) < 4.78 is 22.0. The fraction of sp³-hybridized carbons (Fsp3) is 0.500. The summed E-state index contributed by atoms with van der Waals surface area (Å²) in [7, 11) is 2.88. The highest BCUT2D eigenvalue weighted by molar-refractivity contribution is 5.92. The van der Waals surface area contributed by atoms with Gasteiger partial charge in [0.15, 0.2) is 11.9 Å². The first-order valence-electron chi connectivity index (χ1n) is 8.86. The molecular formula is C20H24O7. The molecule has 0 spiro atoms. The van der Waals surface area contributed by atoms with Gasteiger partial charge in [0, 0.05) is 38.0 Å². The van der Waals surface area contributed by atoms with Gasteiger partial charge in [0.1, 0.15) is 23.2 Å². The predicted molar refractivity (Wildman–Crippen MR) is 95.5 cm³/mol. The molecule has 3 atom stereocenters. The summed E-state index contributed by atoms with van der Waals surface area (Å²) in [6.45, 7) is 2.19. The molecule has 146 valence electrons. The molecule has 27 heavy (non-hydrogen) atoms. The lowest BCUT2D eigenvalue weighted by Crippen LogP contribution is -2.52. The van der Waals surface area contributed by atoms with E-state index in [9.17, 15) is 14.7 Å². The van der Waals surface area contributed by atoms with Crippen molar-refractivity contribution in [2.24, 2.45) is 0 Å². The first kappa shape index (κ1) is 19.4. The van der Waals surface area contributed by atoms with Crippen LogP contribution in [0.1, 0.15) is 48.2 Å². The van der Waals surface area contributed by atoms with Gasteiger partial charge in [-0.2, -0.15) is 0 Å². The van der Waals surface area contributed by atoms with Gasteiger partial charge in [-0.1, -0.05) is 0 Å². The van der Waals surface area contributed by atoms with Crippen molar-refractivity contribution in [1.29, 1.82) is 0 Å². The smallest absolute Gasteiger partial charge is 0.337 e. The Balaban J connectivity index is 2.00. The van der Waals surface area contributed by atoms with E-state index >= 15 is 0 Å². The molecule has 7 nitrogen and oxygen atoms in total. The van der Waals surface area contributed by atoms with Crippen LogP contribution in [0.5, 0.6) is 5.75 Å². The van der Waals surface area contributed by atoms with Crippen molar-refractivity contribution in [3.05, 3.63) is 41.2 Å². The molecule has 0 saturated carbocycles. The van der Waals surface area contributed by atoms with Gasteiger partial charge < -0.3 is 24.1 Å². The van der Waals surface area contributed by atoms with Crippen LogP contribution in [0.15, 0.2) is 30.0 Å². The maximum atomic E-state index is 11.9. The van der Waals surface area contributed by atoms with Crippen LogP contribution in [0.4, 0.5) is 0 Å². The number of ether oxygens (including phenoxy) is 4. The summed E-state index contributed by atoms with van der Waals surface area (Å²) in [4.78, 5) is 23.5. The van der Waals surface area contributed by atoms with Gasteiger partial charge in [-0.25, -0.2) is 4.79 Å². The Bertz CT molecular complexity index is 770. The molecule has 3 rings (SSSR count). The van der Waals surface area contributed by atoms with Gasteiger partial charge in [-0.3, -0.25) is 4.79 Å². The van der Waals surface area contributed by atoms with Crippen LogP contribution in [0.25, 0.3) is 0 Å². The van der Waals surface area contributed by atoms with Crippen molar-refractivity contribution in [1.82, 2.24) is 0 Å². The van der Waals surface area contributed by atoms with Crippen molar-refractivity contribution in [3.63, 3.8) is 0 Å². The van der Waals surface area contributed by atoms with E-state index in [0.29, 0.717) is 48.5 Å². The topological polar surface area (TPSA) is 91.3 Å². The zero-order chi connectivity index (χ0) is 19.6. The van der Waals surface area contributed by atoms with Gasteiger partial charge in [-0.05, 0) is 25.1 Å². The lowest BCUT2D eigenvalue weighted by Gasteiger charge is -2.44. The third-order valence-corrected chi connectivity index (χ3v) is 5.01. The molecule has 1 N–H and O–H groups in total. The van der Waals surface area contributed by atoms with E-state index in [1.165, 1.54) is 13.2 Å². The summed E-state index contributed by atoms with van der Waals surface area (Å²) in [5.41, 5.74) is -0.0675. The van der Waals surface area contributed by atoms with Gasteiger partial charge in [0.05, 0.1) is 19.3 Å². The van der Waals surface area contributed by atoms with Crippen LogP contribution < -0.4 is 4.74 Å². The Morgan fingerprint density at radius 3 is 2.74 bits per heavy atom. The standard InChI is InChI=1S/C20H24O7/c1-20(8-9-24-2)18(22)17(26-14-6-5-13(21)11-14)15-10-12(19(23)25-3)4-7-16(15)27-20/h4,7,10-11,17-18,22H,5-6,8-9H2,1-3H3. The zero-order valence-electron chi connectivity index (χ0n) is 15.7. The number of fused-ring (bicyclic) bond motifs is 1. The highest BCUT2D eigenvalue weighted by Gasteiger charge is 2.47. The Morgan fingerprint density at radius 2 is 2.11 bits per heavy atom. The maximum absolute atomic E-state index is 11.9. The molecule has 1 aromatic carbocycles. The van der Waals surface area contributed by atoms with Crippen LogP contribution in [0.2, 0.25) is 0 Å². The number of hydrogen-bond donors (Lipinski definition) is 1. The van der Waals surface area contributed by atoms with Crippen LogP contribution >= 0.6 is 0 Å². The zero-order valence-corrected chi connectivity index (χ0v) is 15.7. The van der Waals surface area contributed by atoms with Gasteiger partial charge in [0.2, 0.25) is 0 Å². The van der Waals surface area contributed by atoms with Crippen LogP contribution in [0, 0.1) is 0 Å². The molecule has 0 fully saturated rings. The normalized spacial score (nSPS) is 26.8. The number of hydrogen-bond acceptors (Lipinski definition) is 7. The summed E-state index contributed by atoms with van der Waals surface area (Å²) >= 11 is 0. The van der Waals surface area contributed by atoms with Crippen molar-refractivity contribution in [2.75, 3.05) is 20.8 Å². The average molecular weight is 376 g/mol. The number of allylic oxidation sites excluding steroid dienone is 2. The molecule has 0 radical (unpaired) electrons. The minimum absolute atomic E-state index is 0.00257. The van der Waals surface area contributed by atoms with Crippen LogP contribution in [0.3, 0.4) is 0 Å². The summed E-state index contributed by atoms with van der Waals surface area (Å²) in [6.07, 6.45) is 0.982. The Kier molecular flexibility index (Phi) is 5.53. The molecule has 1 heterocycles. The highest BCUT2D eigenvalue weighted by Crippen LogP contribution is 2.45. The number of ketones is 1. The lowest BCUT2D eigenvalue weighted by molar-refractivity contribution is -0.136. The molecule has 0 bridgehead atoms. The maximum Gasteiger partial charge on any atom is 0.337 e. The van der Waals surface area contributed by atoms with E-state index in [-0.39, 0.29) is 5.78 Å². The molecule has 1 aliphatic heterocycles. The van der Waals surface area contributed by atoms with E-state index in [0.717, 1.165) is 0 Å². The highest BCUT2D eigenvalue weighted by atomic mass is 16.5. The molecule has 0 saturated heterocycles. The largest absolute Gasteiger partial charge is 0.487 e. The van der Waals surface area contributed by atoms with Crippen molar-refractivity contribution in [2.45, 2.75) is 44.0 Å². The Hall–Kier alpha value is -2.38. The molecule has 2 aliphatic rings.